The van der Waals surface area contributed by atoms with E-state index in [0.29, 0.717) is 12.8 Å². The number of nitro benzene ring substituents is 1. The third-order valence-corrected chi connectivity index (χ3v) is 3.89. The maximum absolute atomic E-state index is 13.1. The molecule has 1 aliphatic carbocycles. The van der Waals surface area contributed by atoms with Gasteiger partial charge < -0.3 is 15.5 Å². The van der Waals surface area contributed by atoms with E-state index in [0.717, 1.165) is 12.8 Å². The van der Waals surface area contributed by atoms with Crippen LogP contribution in [0.15, 0.2) is 6.07 Å². The van der Waals surface area contributed by atoms with Crippen molar-refractivity contribution in [1.29, 1.82) is 0 Å². The molecule has 1 fully saturated rings. The fourth-order valence-corrected chi connectivity index (χ4v) is 2.73. The van der Waals surface area contributed by atoms with Crippen LogP contribution >= 0.6 is 0 Å². The number of hydrogen-bond donors (Lipinski definition) is 4. The largest absolute Gasteiger partial charge is 0.504 e. The van der Waals surface area contributed by atoms with Gasteiger partial charge in [0.1, 0.15) is 5.56 Å². The number of nitrogens with zero attached hydrogens (tertiary/aromatic N) is 1. The molecule has 142 valence electrons. The van der Waals surface area contributed by atoms with Crippen molar-refractivity contribution >= 4 is 17.6 Å². The predicted octanol–water partition coefficient (Wildman–Crippen LogP) is 2.41. The molecular formula is C14H14F3N3O6. The lowest BCUT2D eigenvalue weighted by atomic mass is 10.0. The quantitative estimate of drug-likeness (QED) is 0.362. The number of aromatic hydroxyl groups is 2. The van der Waals surface area contributed by atoms with E-state index in [1.807, 2.05) is 0 Å². The van der Waals surface area contributed by atoms with Crippen molar-refractivity contribution in [2.24, 2.45) is 0 Å². The molecular weight excluding hydrogens is 363 g/mol. The van der Waals surface area contributed by atoms with Crippen molar-refractivity contribution in [1.82, 2.24) is 10.6 Å². The van der Waals surface area contributed by atoms with Crippen LogP contribution in [0, 0.1) is 10.1 Å². The smallest absolute Gasteiger partial charge is 0.417 e. The Morgan fingerprint density at radius 3 is 2.31 bits per heavy atom. The van der Waals surface area contributed by atoms with Crippen molar-refractivity contribution in [3.05, 3.63) is 27.3 Å². The van der Waals surface area contributed by atoms with Crippen LogP contribution in [0.25, 0.3) is 0 Å². The predicted molar refractivity (Wildman–Crippen MR) is 79.7 cm³/mol. The molecule has 1 aliphatic rings. The number of phenols is 2. The summed E-state index contributed by atoms with van der Waals surface area (Å²) in [5, 5.41) is 33.8. The number of imide groups is 1. The number of hydrogen-bond acceptors (Lipinski definition) is 6. The average Bonchev–Trinajstić information content (AvgIpc) is 3.00. The number of urea groups is 1. The summed E-state index contributed by atoms with van der Waals surface area (Å²) in [6.45, 7) is 0. The summed E-state index contributed by atoms with van der Waals surface area (Å²) in [6.07, 6.45) is -2.31. The van der Waals surface area contributed by atoms with Gasteiger partial charge in [0.05, 0.1) is 10.5 Å². The van der Waals surface area contributed by atoms with Crippen molar-refractivity contribution < 1.29 is 37.9 Å². The van der Waals surface area contributed by atoms with Gasteiger partial charge in [0, 0.05) is 6.04 Å². The summed E-state index contributed by atoms with van der Waals surface area (Å²) in [6, 6.07) is -1.39. The third kappa shape index (κ3) is 3.95. The Hall–Kier alpha value is -3.05. The molecule has 0 aromatic heterocycles. The molecule has 12 heteroatoms. The topological polar surface area (TPSA) is 142 Å². The van der Waals surface area contributed by atoms with Crippen molar-refractivity contribution in [2.75, 3.05) is 0 Å². The van der Waals surface area contributed by atoms with Gasteiger partial charge in [0.15, 0.2) is 5.75 Å². The highest BCUT2D eigenvalue weighted by molar-refractivity contribution is 6.08. The Morgan fingerprint density at radius 1 is 1.23 bits per heavy atom. The minimum Gasteiger partial charge on any atom is -0.504 e. The second-order valence-electron chi connectivity index (χ2n) is 5.68. The molecule has 0 heterocycles. The van der Waals surface area contributed by atoms with E-state index >= 15 is 0 Å². The summed E-state index contributed by atoms with van der Waals surface area (Å²) < 4.78 is 39.4. The first-order valence-electron chi connectivity index (χ1n) is 7.44. The average molecular weight is 377 g/mol. The van der Waals surface area contributed by atoms with Crippen molar-refractivity contribution in [3.63, 3.8) is 0 Å². The molecule has 0 radical (unpaired) electrons. The van der Waals surface area contributed by atoms with E-state index in [9.17, 15) is 43.1 Å². The zero-order chi connectivity index (χ0) is 19.6. The fraction of sp³-hybridized carbons (Fsp3) is 0.429. The standard InChI is InChI=1S/C14H14F3N3O6/c15-14(16,17)7-5-8(21)11(22)10(20(25)26)9(7)12(23)19-13(24)18-6-3-1-2-4-6/h5-6,21-22H,1-4H2,(H2,18,19,23,24). The maximum atomic E-state index is 13.1. The number of benzene rings is 1. The number of phenolic OH excluding ortho intramolecular Hbond substituents is 2. The molecule has 2 rings (SSSR count). The maximum Gasteiger partial charge on any atom is 0.417 e. The minimum absolute atomic E-state index is 0.0217. The SMILES string of the molecule is O=C(NC(=O)c1c(C(F)(F)F)cc(O)c(O)c1[N+](=O)[O-])NC1CCCC1. The summed E-state index contributed by atoms with van der Waals surface area (Å²) in [5.41, 5.74) is -5.08. The van der Waals surface area contributed by atoms with Gasteiger partial charge in [0.2, 0.25) is 5.75 Å². The van der Waals surface area contributed by atoms with Crippen LogP contribution < -0.4 is 10.6 Å². The Balaban J connectivity index is 2.41. The van der Waals surface area contributed by atoms with Crippen LogP contribution in [0.5, 0.6) is 11.5 Å². The highest BCUT2D eigenvalue weighted by atomic mass is 19.4. The van der Waals surface area contributed by atoms with Crippen LogP contribution in [0.1, 0.15) is 41.6 Å². The molecule has 1 saturated carbocycles. The zero-order valence-electron chi connectivity index (χ0n) is 13.1. The number of alkyl halides is 3. The second-order valence-corrected chi connectivity index (χ2v) is 5.68. The van der Waals surface area contributed by atoms with Crippen LogP contribution in [0.2, 0.25) is 0 Å². The number of carbonyl (C=O) groups is 2. The lowest BCUT2D eigenvalue weighted by molar-refractivity contribution is -0.386. The van der Waals surface area contributed by atoms with E-state index in [-0.39, 0.29) is 12.1 Å². The molecule has 26 heavy (non-hydrogen) atoms. The van der Waals surface area contributed by atoms with Crippen LogP contribution in [0.4, 0.5) is 23.7 Å². The Bertz CT molecular complexity index is 759. The first-order chi connectivity index (χ1) is 12.0. The van der Waals surface area contributed by atoms with Gasteiger partial charge in [-0.25, -0.2) is 4.79 Å². The number of nitro groups is 1. The molecule has 1 aromatic carbocycles. The molecule has 0 unspecified atom stereocenters. The summed E-state index contributed by atoms with van der Waals surface area (Å²) in [5.74, 6) is -4.66. The van der Waals surface area contributed by atoms with Gasteiger partial charge in [0.25, 0.3) is 5.91 Å². The van der Waals surface area contributed by atoms with Gasteiger partial charge in [-0.3, -0.25) is 20.2 Å². The first-order valence-corrected chi connectivity index (χ1v) is 7.44. The minimum atomic E-state index is -5.26. The van der Waals surface area contributed by atoms with Gasteiger partial charge >= 0.3 is 17.9 Å². The van der Waals surface area contributed by atoms with E-state index in [1.165, 1.54) is 0 Å². The van der Waals surface area contributed by atoms with Gasteiger partial charge in [-0.1, -0.05) is 12.8 Å². The Morgan fingerprint density at radius 2 is 1.81 bits per heavy atom. The monoisotopic (exact) mass is 377 g/mol. The molecule has 4 N–H and O–H groups in total. The van der Waals surface area contributed by atoms with Crippen molar-refractivity contribution in [2.45, 2.75) is 37.9 Å². The first kappa shape index (κ1) is 19.3. The van der Waals surface area contributed by atoms with Gasteiger partial charge in [-0.05, 0) is 18.9 Å². The Kier molecular flexibility index (Phi) is 5.23. The molecule has 0 atom stereocenters. The van der Waals surface area contributed by atoms with E-state index in [1.54, 1.807) is 5.32 Å². The molecule has 0 aliphatic heterocycles. The summed E-state index contributed by atoms with van der Waals surface area (Å²) >= 11 is 0. The fourth-order valence-electron chi connectivity index (χ4n) is 2.73. The zero-order valence-corrected chi connectivity index (χ0v) is 13.1. The van der Waals surface area contributed by atoms with Crippen molar-refractivity contribution in [3.8, 4) is 11.5 Å². The molecule has 1 aromatic rings. The van der Waals surface area contributed by atoms with Gasteiger partial charge in [-0.2, -0.15) is 13.2 Å². The van der Waals surface area contributed by atoms with Gasteiger partial charge in [-0.15, -0.1) is 0 Å². The highest BCUT2D eigenvalue weighted by Gasteiger charge is 2.43. The van der Waals surface area contributed by atoms with E-state index in [2.05, 4.69) is 5.32 Å². The van der Waals surface area contributed by atoms with E-state index < -0.39 is 51.4 Å². The molecule has 0 spiro atoms. The molecule has 3 amide bonds. The number of amides is 3. The molecule has 0 saturated heterocycles. The number of halogens is 3. The number of rotatable bonds is 3. The molecule has 0 bridgehead atoms. The number of carbonyl (C=O) groups excluding carboxylic acids is 2. The second kappa shape index (κ2) is 7.06. The van der Waals surface area contributed by atoms with Crippen LogP contribution in [-0.4, -0.2) is 33.1 Å². The summed E-state index contributed by atoms with van der Waals surface area (Å²) in [4.78, 5) is 33.5. The van der Waals surface area contributed by atoms with Crippen LogP contribution in [0.3, 0.4) is 0 Å². The highest BCUT2D eigenvalue weighted by Crippen LogP contribution is 2.45. The normalized spacial score (nSPS) is 14.9. The third-order valence-electron chi connectivity index (χ3n) is 3.89. The lowest BCUT2D eigenvalue weighted by Crippen LogP contribution is -2.44. The molecule has 9 nitrogen and oxygen atoms in total. The lowest BCUT2D eigenvalue weighted by Gasteiger charge is -2.16. The summed E-state index contributed by atoms with van der Waals surface area (Å²) in [7, 11) is 0. The Labute approximate surface area is 144 Å². The van der Waals surface area contributed by atoms with Crippen LogP contribution in [-0.2, 0) is 6.18 Å². The van der Waals surface area contributed by atoms with E-state index in [4.69, 9.17) is 0 Å². The number of nitrogens with one attached hydrogen (secondary N) is 2.